The minimum atomic E-state index is -0.789. The number of carbonyl (C=O) groups excluding carboxylic acids is 3. The molecule has 0 amide bonds. The summed E-state index contributed by atoms with van der Waals surface area (Å²) in [7, 11) is 0. The van der Waals surface area contributed by atoms with Crippen LogP contribution in [0.25, 0.3) is 0 Å². The molecule has 0 fully saturated rings. The molecule has 0 spiro atoms. The highest BCUT2D eigenvalue weighted by molar-refractivity contribution is 5.71. The lowest BCUT2D eigenvalue weighted by atomic mass is 10.0. The van der Waals surface area contributed by atoms with E-state index < -0.39 is 6.10 Å². The van der Waals surface area contributed by atoms with E-state index in [1.165, 1.54) is 173 Å². The van der Waals surface area contributed by atoms with Gasteiger partial charge in [0.2, 0.25) is 0 Å². The summed E-state index contributed by atoms with van der Waals surface area (Å²) < 4.78 is 17.0. The molecule has 0 radical (unpaired) electrons. The highest BCUT2D eigenvalue weighted by Crippen LogP contribution is 2.17. The molecule has 0 saturated carbocycles. The van der Waals surface area contributed by atoms with Crippen molar-refractivity contribution in [2.45, 2.75) is 348 Å². The number of hydrogen-bond acceptors (Lipinski definition) is 6. The molecule has 476 valence electrons. The fourth-order valence-electron chi connectivity index (χ4n) is 9.95. The van der Waals surface area contributed by atoms with E-state index in [9.17, 15) is 14.4 Å². The number of carbonyl (C=O) groups is 3. The van der Waals surface area contributed by atoms with Gasteiger partial charge in [0.05, 0.1) is 0 Å². The van der Waals surface area contributed by atoms with Gasteiger partial charge in [-0.05, 0) is 122 Å². The van der Waals surface area contributed by atoms with Crippen LogP contribution in [0.5, 0.6) is 0 Å². The van der Waals surface area contributed by atoms with Crippen molar-refractivity contribution in [3.8, 4) is 0 Å². The summed E-state index contributed by atoms with van der Waals surface area (Å²) in [5, 5.41) is 0. The summed E-state index contributed by atoms with van der Waals surface area (Å²) in [6, 6.07) is 0. The summed E-state index contributed by atoms with van der Waals surface area (Å²) >= 11 is 0. The molecule has 0 aliphatic rings. The van der Waals surface area contributed by atoms with Gasteiger partial charge in [-0.2, -0.15) is 0 Å². The molecule has 0 bridgehead atoms. The summed E-state index contributed by atoms with van der Waals surface area (Å²) in [5.74, 6) is -0.891. The fraction of sp³-hybridized carbons (Fsp3) is 0.727. The summed E-state index contributed by atoms with van der Waals surface area (Å²) in [4.78, 5) is 38.4. The Morgan fingerprint density at radius 3 is 0.783 bits per heavy atom. The Labute approximate surface area is 514 Å². The third-order valence-electron chi connectivity index (χ3n) is 15.2. The molecule has 1 atom stereocenters. The lowest BCUT2D eigenvalue weighted by molar-refractivity contribution is -0.167. The van der Waals surface area contributed by atoms with E-state index in [1.807, 2.05) is 0 Å². The second-order valence-electron chi connectivity index (χ2n) is 23.4. The van der Waals surface area contributed by atoms with Crippen LogP contribution in [0, 0.1) is 0 Å². The van der Waals surface area contributed by atoms with Crippen LogP contribution in [0.4, 0.5) is 0 Å². The number of hydrogen-bond donors (Lipinski definition) is 0. The Morgan fingerprint density at radius 1 is 0.253 bits per heavy atom. The van der Waals surface area contributed by atoms with Crippen molar-refractivity contribution in [3.05, 3.63) is 109 Å². The Bertz CT molecular complexity index is 1660. The quantitative estimate of drug-likeness (QED) is 0.0261. The SMILES string of the molecule is CC/C=C\C/C=C\C/C=C\C/C=C\CCCCCCCCCCCCC(=O)OC(COC(=O)CCCCCCC/C=C\C/C=C\CCC)COC(=O)CCCCCCCCCCCCCCCC/C=C\C/C=C\C/C=C\CCCCCCC. The second kappa shape index (κ2) is 70.6. The predicted octanol–water partition coefficient (Wildman–Crippen LogP) is 24.6. The van der Waals surface area contributed by atoms with E-state index in [0.29, 0.717) is 19.3 Å². The molecular formula is C77H132O6. The van der Waals surface area contributed by atoms with E-state index in [0.717, 1.165) is 128 Å². The largest absolute Gasteiger partial charge is 0.462 e. The van der Waals surface area contributed by atoms with E-state index in [4.69, 9.17) is 14.2 Å². The van der Waals surface area contributed by atoms with Crippen LogP contribution < -0.4 is 0 Å². The molecule has 0 heterocycles. The van der Waals surface area contributed by atoms with Crippen LogP contribution in [0.1, 0.15) is 342 Å². The topological polar surface area (TPSA) is 78.9 Å². The van der Waals surface area contributed by atoms with Crippen LogP contribution in [-0.4, -0.2) is 37.2 Å². The standard InChI is InChI=1S/C77H132O6/c1-4-7-10-13-16-19-22-25-27-29-31-33-35-36-37-38-39-40-42-43-45-47-49-52-55-58-61-64-67-70-76(79)82-73-74(72-81-75(78)69-66-63-60-57-54-51-24-21-18-15-12-9-6-3)83-77(80)71-68-65-62-59-56-53-50-48-46-44-41-34-32-30-28-26-23-20-17-14-11-8-5-2/h8,11-12,15,17,20-22,24-26,28-29,31-32,34-36,74H,4-7,9-10,13-14,16,18-19,23,27,30,33,37-73H2,1-3H3/b11-8-,15-12-,20-17-,24-21-,25-22-,28-26-,31-29-,34-32-,36-35-. The average Bonchev–Trinajstić information content (AvgIpc) is 3.49. The van der Waals surface area contributed by atoms with Gasteiger partial charge in [0.25, 0.3) is 0 Å². The van der Waals surface area contributed by atoms with Gasteiger partial charge in [0, 0.05) is 19.3 Å². The zero-order chi connectivity index (χ0) is 59.9. The van der Waals surface area contributed by atoms with Crippen molar-refractivity contribution in [2.24, 2.45) is 0 Å². The smallest absolute Gasteiger partial charge is 0.306 e. The van der Waals surface area contributed by atoms with E-state index in [2.05, 4.69) is 130 Å². The van der Waals surface area contributed by atoms with Crippen LogP contribution >= 0.6 is 0 Å². The molecule has 0 aromatic carbocycles. The van der Waals surface area contributed by atoms with Gasteiger partial charge >= 0.3 is 17.9 Å². The normalized spacial score (nSPS) is 12.8. The molecule has 0 aliphatic heterocycles. The third kappa shape index (κ3) is 68.7. The molecule has 0 rings (SSSR count). The molecule has 0 aromatic heterocycles. The highest BCUT2D eigenvalue weighted by Gasteiger charge is 2.19. The Hall–Kier alpha value is -3.93. The highest BCUT2D eigenvalue weighted by atomic mass is 16.6. The maximum atomic E-state index is 13.0. The van der Waals surface area contributed by atoms with Crippen molar-refractivity contribution < 1.29 is 28.6 Å². The van der Waals surface area contributed by atoms with Crippen LogP contribution in [0.15, 0.2) is 109 Å². The molecule has 6 nitrogen and oxygen atoms in total. The minimum absolute atomic E-state index is 0.0837. The number of allylic oxidation sites excluding steroid dienone is 18. The van der Waals surface area contributed by atoms with Crippen LogP contribution in [-0.2, 0) is 28.6 Å². The van der Waals surface area contributed by atoms with E-state index in [1.54, 1.807) is 0 Å². The molecule has 0 saturated heterocycles. The molecular weight excluding hydrogens is 1020 g/mol. The fourth-order valence-corrected chi connectivity index (χ4v) is 9.95. The van der Waals surface area contributed by atoms with Crippen molar-refractivity contribution >= 4 is 17.9 Å². The predicted molar refractivity (Wildman–Crippen MR) is 362 cm³/mol. The summed E-state index contributed by atoms with van der Waals surface area (Å²) in [5.41, 5.74) is 0. The minimum Gasteiger partial charge on any atom is -0.462 e. The maximum Gasteiger partial charge on any atom is 0.306 e. The summed E-state index contributed by atoms with van der Waals surface area (Å²) in [6.07, 6.45) is 96.9. The first kappa shape index (κ1) is 79.1. The lowest BCUT2D eigenvalue weighted by Gasteiger charge is -2.18. The molecule has 6 heteroatoms. The maximum absolute atomic E-state index is 13.0. The summed E-state index contributed by atoms with van der Waals surface area (Å²) in [6.45, 7) is 6.47. The molecule has 0 N–H and O–H groups in total. The number of esters is 3. The number of rotatable bonds is 64. The van der Waals surface area contributed by atoms with Crippen molar-refractivity contribution in [1.29, 1.82) is 0 Å². The van der Waals surface area contributed by atoms with Crippen molar-refractivity contribution in [3.63, 3.8) is 0 Å². The number of ether oxygens (including phenoxy) is 3. The van der Waals surface area contributed by atoms with Gasteiger partial charge < -0.3 is 14.2 Å². The first-order valence-corrected chi connectivity index (χ1v) is 35.4. The first-order chi connectivity index (χ1) is 41.0. The molecule has 1 unspecified atom stereocenters. The van der Waals surface area contributed by atoms with Gasteiger partial charge in [0.1, 0.15) is 13.2 Å². The van der Waals surface area contributed by atoms with Crippen molar-refractivity contribution in [1.82, 2.24) is 0 Å². The average molecular weight is 1150 g/mol. The molecule has 83 heavy (non-hydrogen) atoms. The molecule has 0 aliphatic carbocycles. The zero-order valence-electron chi connectivity index (χ0n) is 54.7. The second-order valence-corrected chi connectivity index (χ2v) is 23.4. The monoisotopic (exact) mass is 1150 g/mol. The number of unbranched alkanes of at least 4 members (excludes halogenated alkanes) is 35. The van der Waals surface area contributed by atoms with Crippen LogP contribution in [0.3, 0.4) is 0 Å². The van der Waals surface area contributed by atoms with Gasteiger partial charge in [-0.3, -0.25) is 14.4 Å². The molecule has 0 aromatic rings. The first-order valence-electron chi connectivity index (χ1n) is 35.4. The van der Waals surface area contributed by atoms with Gasteiger partial charge in [-0.1, -0.05) is 310 Å². The Kier molecular flexibility index (Phi) is 67.2. The zero-order valence-corrected chi connectivity index (χ0v) is 54.7. The lowest BCUT2D eigenvalue weighted by Crippen LogP contribution is -2.30. The van der Waals surface area contributed by atoms with Crippen LogP contribution in [0.2, 0.25) is 0 Å². The van der Waals surface area contributed by atoms with Gasteiger partial charge in [-0.15, -0.1) is 0 Å². The Morgan fingerprint density at radius 2 is 0.494 bits per heavy atom. The van der Waals surface area contributed by atoms with E-state index >= 15 is 0 Å². The van der Waals surface area contributed by atoms with E-state index in [-0.39, 0.29) is 31.1 Å². The third-order valence-corrected chi connectivity index (χ3v) is 15.2. The van der Waals surface area contributed by atoms with Gasteiger partial charge in [-0.25, -0.2) is 0 Å². The Balaban J connectivity index is 4.27. The van der Waals surface area contributed by atoms with Crippen molar-refractivity contribution in [2.75, 3.05) is 13.2 Å². The van der Waals surface area contributed by atoms with Gasteiger partial charge in [0.15, 0.2) is 6.10 Å².